The van der Waals surface area contributed by atoms with Gasteiger partial charge in [-0.15, -0.1) is 0 Å². The summed E-state index contributed by atoms with van der Waals surface area (Å²) in [7, 11) is 0. The summed E-state index contributed by atoms with van der Waals surface area (Å²) >= 11 is 18.1. The van der Waals surface area contributed by atoms with E-state index in [1.807, 2.05) is 6.07 Å². The van der Waals surface area contributed by atoms with Gasteiger partial charge in [0.15, 0.2) is 0 Å². The van der Waals surface area contributed by atoms with Gasteiger partial charge in [0.2, 0.25) is 5.91 Å². The van der Waals surface area contributed by atoms with Gasteiger partial charge in [-0.05, 0) is 43.6 Å². The molecule has 3 rings (SSSR count). The Kier molecular flexibility index (Phi) is 6.24. The number of halogens is 3. The number of nitrogens with one attached hydrogen (secondary N) is 1. The number of nitrogens with zero attached hydrogens (tertiary/aromatic N) is 1. The number of amides is 1. The minimum atomic E-state index is -0.0162. The van der Waals surface area contributed by atoms with E-state index in [2.05, 4.69) is 34.5 Å². The van der Waals surface area contributed by atoms with Crippen LogP contribution in [0.3, 0.4) is 0 Å². The van der Waals surface area contributed by atoms with Gasteiger partial charge < -0.3 is 5.32 Å². The van der Waals surface area contributed by atoms with E-state index in [-0.39, 0.29) is 11.8 Å². The number of anilines is 1. The van der Waals surface area contributed by atoms with Crippen LogP contribution in [0.4, 0.5) is 5.69 Å². The maximum atomic E-state index is 12.5. The zero-order valence-corrected chi connectivity index (χ0v) is 15.9. The molecular formula is C19H19Cl3N2O. The third-order valence-corrected chi connectivity index (χ3v) is 5.51. The molecule has 0 atom stereocenters. The second-order valence-electron chi connectivity index (χ2n) is 6.27. The van der Waals surface area contributed by atoms with Crippen LogP contribution in [-0.2, 0) is 11.3 Å². The normalized spacial score (nSPS) is 16.0. The van der Waals surface area contributed by atoms with Crippen LogP contribution in [0.15, 0.2) is 42.5 Å². The first-order valence-electron chi connectivity index (χ1n) is 8.24. The highest BCUT2D eigenvalue weighted by molar-refractivity contribution is 6.44. The molecule has 1 fully saturated rings. The summed E-state index contributed by atoms with van der Waals surface area (Å²) in [5, 5.41) is 4.02. The molecule has 1 heterocycles. The molecule has 1 amide bonds. The van der Waals surface area contributed by atoms with E-state index in [4.69, 9.17) is 34.8 Å². The van der Waals surface area contributed by atoms with E-state index in [1.54, 1.807) is 12.1 Å². The standard InChI is InChI=1S/C19H19Cl3N2O/c20-15-10-17(22)18(11-16(15)21)23-19(25)14-6-8-24(9-7-14)12-13-4-2-1-3-5-13/h1-5,10-11,14H,6-9,12H2,(H,23,25). The van der Waals surface area contributed by atoms with E-state index < -0.39 is 0 Å². The monoisotopic (exact) mass is 396 g/mol. The van der Waals surface area contributed by atoms with Gasteiger partial charge in [-0.25, -0.2) is 0 Å². The van der Waals surface area contributed by atoms with Gasteiger partial charge >= 0.3 is 0 Å². The zero-order valence-electron chi connectivity index (χ0n) is 13.6. The summed E-state index contributed by atoms with van der Waals surface area (Å²) < 4.78 is 0. The highest BCUT2D eigenvalue weighted by Crippen LogP contribution is 2.33. The summed E-state index contributed by atoms with van der Waals surface area (Å²) in [5.41, 5.74) is 1.81. The third-order valence-electron chi connectivity index (χ3n) is 4.48. The summed E-state index contributed by atoms with van der Waals surface area (Å²) in [6, 6.07) is 13.5. The molecule has 0 aromatic heterocycles. The molecule has 6 heteroatoms. The van der Waals surface area contributed by atoms with Gasteiger partial charge in [-0.3, -0.25) is 9.69 Å². The van der Waals surface area contributed by atoms with Crippen molar-refractivity contribution in [3.05, 3.63) is 63.1 Å². The average Bonchev–Trinajstić information content (AvgIpc) is 2.61. The Bertz CT molecular complexity index is 744. The van der Waals surface area contributed by atoms with E-state index in [9.17, 15) is 4.79 Å². The van der Waals surface area contributed by atoms with E-state index >= 15 is 0 Å². The molecule has 2 aromatic rings. The summed E-state index contributed by atoms with van der Waals surface area (Å²) in [6.45, 7) is 2.73. The van der Waals surface area contributed by atoms with Crippen molar-refractivity contribution in [3.8, 4) is 0 Å². The molecule has 0 spiro atoms. The van der Waals surface area contributed by atoms with E-state index in [1.165, 1.54) is 5.56 Å². The van der Waals surface area contributed by atoms with Crippen LogP contribution in [-0.4, -0.2) is 23.9 Å². The van der Waals surface area contributed by atoms with Crippen LogP contribution < -0.4 is 5.32 Å². The molecule has 0 saturated carbocycles. The molecule has 0 bridgehead atoms. The lowest BCUT2D eigenvalue weighted by molar-refractivity contribution is -0.121. The Balaban J connectivity index is 1.54. The fraction of sp³-hybridized carbons (Fsp3) is 0.316. The van der Waals surface area contributed by atoms with Crippen LogP contribution in [0.5, 0.6) is 0 Å². The third kappa shape index (κ3) is 4.89. The quantitative estimate of drug-likeness (QED) is 0.691. The van der Waals surface area contributed by atoms with E-state index in [0.29, 0.717) is 20.8 Å². The second-order valence-corrected chi connectivity index (χ2v) is 7.49. The van der Waals surface area contributed by atoms with Crippen molar-refractivity contribution in [2.75, 3.05) is 18.4 Å². The lowest BCUT2D eigenvalue weighted by atomic mass is 9.95. The molecule has 0 radical (unpaired) electrons. The predicted octanol–water partition coefficient (Wildman–Crippen LogP) is 5.50. The Hall–Kier alpha value is -1.26. The van der Waals surface area contributed by atoms with Crippen LogP contribution >= 0.6 is 34.8 Å². The first kappa shape index (κ1) is 18.5. The lowest BCUT2D eigenvalue weighted by Gasteiger charge is -2.31. The summed E-state index contributed by atoms with van der Waals surface area (Å²) in [6.07, 6.45) is 1.66. The van der Waals surface area contributed by atoms with Crippen molar-refractivity contribution in [1.29, 1.82) is 0 Å². The van der Waals surface area contributed by atoms with Crippen molar-refractivity contribution in [3.63, 3.8) is 0 Å². The van der Waals surface area contributed by atoms with E-state index in [0.717, 1.165) is 32.5 Å². The molecule has 3 nitrogen and oxygen atoms in total. The smallest absolute Gasteiger partial charge is 0.227 e. The molecular weight excluding hydrogens is 379 g/mol. The van der Waals surface area contributed by atoms with Gasteiger partial charge in [-0.1, -0.05) is 65.1 Å². The number of benzene rings is 2. The van der Waals surface area contributed by atoms with Gasteiger partial charge in [0.25, 0.3) is 0 Å². The minimum absolute atomic E-state index is 0.0142. The Morgan fingerprint density at radius 3 is 2.32 bits per heavy atom. The van der Waals surface area contributed by atoms with Crippen molar-refractivity contribution in [1.82, 2.24) is 4.90 Å². The van der Waals surface area contributed by atoms with Crippen molar-refractivity contribution in [2.24, 2.45) is 5.92 Å². The first-order chi connectivity index (χ1) is 12.0. The predicted molar refractivity (Wildman–Crippen MR) is 105 cm³/mol. The number of hydrogen-bond donors (Lipinski definition) is 1. The van der Waals surface area contributed by atoms with Crippen LogP contribution in [0.1, 0.15) is 18.4 Å². The topological polar surface area (TPSA) is 32.3 Å². The summed E-state index contributed by atoms with van der Waals surface area (Å²) in [5.74, 6) is -0.0304. The van der Waals surface area contributed by atoms with Crippen molar-refractivity contribution in [2.45, 2.75) is 19.4 Å². The fourth-order valence-electron chi connectivity index (χ4n) is 3.05. The Labute approximate surface area is 162 Å². The maximum absolute atomic E-state index is 12.5. The molecule has 1 aliphatic heterocycles. The minimum Gasteiger partial charge on any atom is -0.324 e. The first-order valence-corrected chi connectivity index (χ1v) is 9.38. The molecule has 1 aliphatic rings. The average molecular weight is 398 g/mol. The molecule has 1 saturated heterocycles. The van der Waals surface area contributed by atoms with Gasteiger partial charge in [0, 0.05) is 12.5 Å². The van der Waals surface area contributed by atoms with Crippen LogP contribution in [0.2, 0.25) is 15.1 Å². The fourth-order valence-corrected chi connectivity index (χ4v) is 3.64. The molecule has 2 aromatic carbocycles. The molecule has 25 heavy (non-hydrogen) atoms. The molecule has 1 N–H and O–H groups in total. The number of rotatable bonds is 4. The number of carbonyl (C=O) groups is 1. The number of carbonyl (C=O) groups excluding carboxylic acids is 1. The number of piperidine rings is 1. The second kappa shape index (κ2) is 8.41. The molecule has 0 unspecified atom stereocenters. The van der Waals surface area contributed by atoms with Gasteiger partial charge in [-0.2, -0.15) is 0 Å². The van der Waals surface area contributed by atoms with Crippen molar-refractivity contribution < 1.29 is 4.79 Å². The number of likely N-dealkylation sites (tertiary alicyclic amines) is 1. The number of hydrogen-bond acceptors (Lipinski definition) is 2. The summed E-state index contributed by atoms with van der Waals surface area (Å²) in [4.78, 5) is 14.9. The SMILES string of the molecule is O=C(Nc1cc(Cl)c(Cl)cc1Cl)C1CCN(Cc2ccccc2)CC1. The van der Waals surface area contributed by atoms with Crippen molar-refractivity contribution >= 4 is 46.4 Å². The molecule has 0 aliphatic carbocycles. The molecule has 132 valence electrons. The van der Waals surface area contributed by atoms with Crippen LogP contribution in [0, 0.1) is 5.92 Å². The highest BCUT2D eigenvalue weighted by Gasteiger charge is 2.25. The maximum Gasteiger partial charge on any atom is 0.227 e. The van der Waals surface area contributed by atoms with Gasteiger partial charge in [0.05, 0.1) is 20.8 Å². The highest BCUT2D eigenvalue weighted by atomic mass is 35.5. The lowest BCUT2D eigenvalue weighted by Crippen LogP contribution is -2.37. The van der Waals surface area contributed by atoms with Gasteiger partial charge in [0.1, 0.15) is 0 Å². The Morgan fingerprint density at radius 1 is 1.00 bits per heavy atom. The largest absolute Gasteiger partial charge is 0.324 e. The Morgan fingerprint density at radius 2 is 1.64 bits per heavy atom. The van der Waals surface area contributed by atoms with Crippen LogP contribution in [0.25, 0.3) is 0 Å². The zero-order chi connectivity index (χ0) is 17.8.